The summed E-state index contributed by atoms with van der Waals surface area (Å²) in [6, 6.07) is 8.35. The predicted molar refractivity (Wildman–Crippen MR) is 85.4 cm³/mol. The third-order valence-electron chi connectivity index (χ3n) is 2.65. The Morgan fingerprint density at radius 1 is 0.760 bits per heavy atom. The first-order chi connectivity index (χ1) is 10.5. The second kappa shape index (κ2) is 13.8. The van der Waals surface area contributed by atoms with E-state index in [4.69, 9.17) is 9.47 Å². The van der Waals surface area contributed by atoms with Crippen LogP contribution in [-0.4, -0.2) is 26.8 Å². The normalized spacial score (nSPS) is 8.08. The van der Waals surface area contributed by atoms with Gasteiger partial charge in [-0.15, -0.1) is 0 Å². The minimum Gasteiger partial charge on any atom is -0.870 e. The first-order valence-corrected chi connectivity index (χ1v) is 6.16. The second-order valence-electron chi connectivity index (χ2n) is 4.06. The third kappa shape index (κ3) is 8.17. The van der Waals surface area contributed by atoms with E-state index in [-0.39, 0.29) is 50.7 Å². The number of ether oxygens (including phenoxy) is 2. The van der Waals surface area contributed by atoms with Gasteiger partial charge in [0.2, 0.25) is 0 Å². The average molecular weight is 399 g/mol. The molecule has 0 aliphatic heterocycles. The molecular weight excluding hydrogens is 379 g/mol. The van der Waals surface area contributed by atoms with Crippen molar-refractivity contribution < 1.29 is 57.0 Å². The van der Waals surface area contributed by atoms with Gasteiger partial charge >= 0.3 is 16.8 Å². The fourth-order valence-corrected chi connectivity index (χ4v) is 1.51. The van der Waals surface area contributed by atoms with Gasteiger partial charge in [0.15, 0.2) is 0 Å². The van der Waals surface area contributed by atoms with E-state index < -0.39 is 0 Å². The molecule has 9 heteroatoms. The van der Waals surface area contributed by atoms with Gasteiger partial charge in [0.1, 0.15) is 24.1 Å². The SMILES string of the molecule is COc1cc(C=O)ccc1[O-].COc1cc(C=O)ccc1[O-].[Co+2].[OH3+].[OH3+]. The molecule has 0 saturated heterocycles. The Morgan fingerprint density at radius 3 is 1.32 bits per heavy atom. The molecule has 2 aromatic rings. The molecule has 0 bridgehead atoms. The molecule has 0 atom stereocenters. The number of benzene rings is 2. The van der Waals surface area contributed by atoms with E-state index in [0.29, 0.717) is 23.7 Å². The predicted octanol–water partition coefficient (Wildman–Crippen LogP) is -0.684. The molecule has 25 heavy (non-hydrogen) atoms. The molecule has 2 rings (SSSR count). The number of hydrogen-bond acceptors (Lipinski definition) is 6. The maximum Gasteiger partial charge on any atom is 2.00 e. The summed E-state index contributed by atoms with van der Waals surface area (Å²) in [6.07, 6.45) is 1.34. The van der Waals surface area contributed by atoms with Crippen molar-refractivity contribution in [1.29, 1.82) is 0 Å². The van der Waals surface area contributed by atoms with Crippen LogP contribution < -0.4 is 19.7 Å². The molecular formula is C16H20CoO8+2. The van der Waals surface area contributed by atoms with Crippen LogP contribution in [0.2, 0.25) is 0 Å². The number of aldehydes is 2. The van der Waals surface area contributed by atoms with E-state index in [1.54, 1.807) is 0 Å². The molecule has 0 heterocycles. The van der Waals surface area contributed by atoms with Crippen LogP contribution in [0, 0.1) is 0 Å². The van der Waals surface area contributed by atoms with Crippen molar-refractivity contribution in [3.8, 4) is 23.0 Å². The van der Waals surface area contributed by atoms with Crippen LogP contribution in [-0.2, 0) is 27.7 Å². The summed E-state index contributed by atoms with van der Waals surface area (Å²) in [5.74, 6) is -0.0135. The second-order valence-corrected chi connectivity index (χ2v) is 4.06. The molecule has 6 N–H and O–H groups in total. The maximum absolute atomic E-state index is 10.9. The van der Waals surface area contributed by atoms with Crippen molar-refractivity contribution in [3.05, 3.63) is 47.5 Å². The zero-order chi connectivity index (χ0) is 16.5. The fraction of sp³-hybridized carbons (Fsp3) is 0.125. The molecule has 8 nitrogen and oxygen atoms in total. The fourth-order valence-electron chi connectivity index (χ4n) is 1.51. The third-order valence-corrected chi connectivity index (χ3v) is 2.65. The molecule has 0 unspecified atom stereocenters. The summed E-state index contributed by atoms with van der Waals surface area (Å²) >= 11 is 0. The van der Waals surface area contributed by atoms with Gasteiger partial charge in [-0.1, -0.05) is 35.8 Å². The number of carbonyl (C=O) groups is 2. The van der Waals surface area contributed by atoms with Crippen molar-refractivity contribution >= 4 is 12.6 Å². The van der Waals surface area contributed by atoms with E-state index in [2.05, 4.69) is 0 Å². The molecule has 0 aromatic heterocycles. The van der Waals surface area contributed by atoms with E-state index >= 15 is 0 Å². The molecule has 0 fully saturated rings. The van der Waals surface area contributed by atoms with E-state index in [0.717, 1.165) is 0 Å². The van der Waals surface area contributed by atoms with Crippen LogP contribution in [0.3, 0.4) is 0 Å². The van der Waals surface area contributed by atoms with Crippen LogP contribution in [0.25, 0.3) is 0 Å². The first kappa shape index (κ1) is 27.3. The van der Waals surface area contributed by atoms with Crippen molar-refractivity contribution in [3.63, 3.8) is 0 Å². The van der Waals surface area contributed by atoms with Crippen LogP contribution in [0.15, 0.2) is 36.4 Å². The Balaban J connectivity index is -0.000000346. The molecule has 139 valence electrons. The van der Waals surface area contributed by atoms with Crippen molar-refractivity contribution in [2.24, 2.45) is 0 Å². The number of hydrogen-bond donors (Lipinski definition) is 0. The minimum absolute atomic E-state index is 0. The van der Waals surface area contributed by atoms with Gasteiger partial charge in [-0.05, 0) is 12.1 Å². The number of carbonyl (C=O) groups excluding carboxylic acids is 2. The molecule has 0 aliphatic carbocycles. The van der Waals surface area contributed by atoms with Crippen LogP contribution in [0.4, 0.5) is 0 Å². The van der Waals surface area contributed by atoms with E-state index in [9.17, 15) is 19.8 Å². The quantitative estimate of drug-likeness (QED) is 0.488. The number of rotatable bonds is 4. The van der Waals surface area contributed by atoms with E-state index in [1.807, 2.05) is 0 Å². The van der Waals surface area contributed by atoms with Crippen LogP contribution in [0.1, 0.15) is 20.7 Å². The first-order valence-electron chi connectivity index (χ1n) is 6.16. The van der Waals surface area contributed by atoms with Gasteiger partial charge in [-0.2, -0.15) is 0 Å². The average Bonchev–Trinajstić information content (AvgIpc) is 2.56. The summed E-state index contributed by atoms with van der Waals surface area (Å²) in [5, 5.41) is 21.8. The summed E-state index contributed by atoms with van der Waals surface area (Å²) in [6.45, 7) is 0. The van der Waals surface area contributed by atoms with Gasteiger partial charge in [-0.25, -0.2) is 0 Å². The molecule has 2 aromatic carbocycles. The summed E-state index contributed by atoms with van der Waals surface area (Å²) < 4.78 is 9.43. The van der Waals surface area contributed by atoms with Crippen molar-refractivity contribution in [2.75, 3.05) is 14.2 Å². The van der Waals surface area contributed by atoms with E-state index in [1.165, 1.54) is 50.6 Å². The summed E-state index contributed by atoms with van der Waals surface area (Å²) in [7, 11) is 2.79. The van der Waals surface area contributed by atoms with Gasteiger partial charge < -0.3 is 30.6 Å². The van der Waals surface area contributed by atoms with Crippen LogP contribution >= 0.6 is 0 Å². The monoisotopic (exact) mass is 399 g/mol. The van der Waals surface area contributed by atoms with Gasteiger partial charge in [0.25, 0.3) is 0 Å². The van der Waals surface area contributed by atoms with Gasteiger partial charge in [-0.3, -0.25) is 9.59 Å². The Kier molecular flexibility index (Phi) is 15.1. The molecule has 0 spiro atoms. The molecule has 0 amide bonds. The van der Waals surface area contributed by atoms with Crippen molar-refractivity contribution in [1.82, 2.24) is 0 Å². The standard InChI is InChI=1S/2C8H8O3.Co.2H2O/c2*1-11-8-4-6(5-9)2-3-7(8)10;;;/h2*2-5,10H,1H3;;2*1H2/q;;+2;;. The Hall–Kier alpha value is -2.59. The van der Waals surface area contributed by atoms with Gasteiger partial charge in [0.05, 0.1) is 14.2 Å². The number of methoxy groups -OCH3 is 2. The molecule has 0 aliphatic rings. The minimum atomic E-state index is -0.210. The zero-order valence-corrected chi connectivity index (χ0v) is 14.6. The Morgan fingerprint density at radius 2 is 1.08 bits per heavy atom. The van der Waals surface area contributed by atoms with Gasteiger partial charge in [0, 0.05) is 11.1 Å². The Labute approximate surface area is 154 Å². The summed E-state index contributed by atoms with van der Waals surface area (Å²) in [4.78, 5) is 20.5. The zero-order valence-electron chi connectivity index (χ0n) is 13.6. The maximum atomic E-state index is 10.9. The van der Waals surface area contributed by atoms with Crippen molar-refractivity contribution in [2.45, 2.75) is 0 Å². The summed E-state index contributed by atoms with van der Waals surface area (Å²) in [5.41, 5.74) is 0.892. The molecule has 1 radical (unpaired) electrons. The Bertz CT molecular complexity index is 603. The smallest absolute Gasteiger partial charge is 0.870 e. The van der Waals surface area contributed by atoms with Crippen LogP contribution in [0.5, 0.6) is 23.0 Å². The topological polar surface area (TPSA) is 165 Å². The largest absolute Gasteiger partial charge is 2.00 e. The molecule has 0 saturated carbocycles.